The van der Waals surface area contributed by atoms with Crippen LogP contribution in [0, 0.1) is 0 Å². The van der Waals surface area contributed by atoms with Crippen LogP contribution in [0.1, 0.15) is 30.4 Å². The number of aromatic nitrogens is 4. The second-order valence-electron chi connectivity index (χ2n) is 11.1. The number of tetrazole rings is 1. The highest BCUT2D eigenvalue weighted by atomic mass is 35.5. The van der Waals surface area contributed by atoms with E-state index in [1.165, 1.54) is 15.9 Å². The molecule has 2 fully saturated rings. The normalized spacial score (nSPS) is 19.2. The average Bonchev–Trinajstić information content (AvgIpc) is 3.72. The molecule has 0 unspecified atom stereocenters. The van der Waals surface area contributed by atoms with Gasteiger partial charge in [-0.1, -0.05) is 41.9 Å². The number of carbonyl (C=O) groups excluding carboxylic acids is 3. The highest BCUT2D eigenvalue weighted by Crippen LogP contribution is 2.23. The maximum Gasteiger partial charge on any atom is 0.243 e. The van der Waals surface area contributed by atoms with Crippen LogP contribution >= 0.6 is 11.6 Å². The van der Waals surface area contributed by atoms with Gasteiger partial charge in [-0.05, 0) is 46.2 Å². The van der Waals surface area contributed by atoms with Crippen LogP contribution in [0.25, 0.3) is 5.69 Å². The van der Waals surface area contributed by atoms with Gasteiger partial charge in [0.15, 0.2) is 0 Å². The number of aliphatic hydroxyl groups excluding tert-OH is 1. The summed E-state index contributed by atoms with van der Waals surface area (Å²) in [5.41, 5.74) is 1.69. The molecule has 15 nitrogen and oxygen atoms in total. The number of aliphatic hydroxyl groups is 1. The number of morpholine rings is 1. The number of nitrogens with one attached hydrogen (secondary N) is 2. The number of halogens is 1. The van der Waals surface area contributed by atoms with Crippen LogP contribution in [0.15, 0.2) is 54.9 Å². The van der Waals surface area contributed by atoms with Crippen molar-refractivity contribution in [3.63, 3.8) is 0 Å². The van der Waals surface area contributed by atoms with Crippen LogP contribution in [-0.2, 0) is 41.4 Å². The summed E-state index contributed by atoms with van der Waals surface area (Å²) in [6.45, 7) is 1.42. The van der Waals surface area contributed by atoms with Gasteiger partial charge in [-0.2, -0.15) is 0 Å². The minimum Gasteiger partial charge on any atom is -0.391 e. The molecule has 17 heteroatoms. The Balaban J connectivity index is 1.31. The minimum atomic E-state index is -4.05. The van der Waals surface area contributed by atoms with Crippen LogP contribution in [0.2, 0.25) is 5.02 Å². The van der Waals surface area contributed by atoms with E-state index in [0.717, 1.165) is 0 Å². The lowest BCUT2D eigenvalue weighted by Gasteiger charge is -2.30. The van der Waals surface area contributed by atoms with Gasteiger partial charge < -0.3 is 25.0 Å². The molecule has 3 atom stereocenters. The van der Waals surface area contributed by atoms with E-state index in [4.69, 9.17) is 16.3 Å². The summed E-state index contributed by atoms with van der Waals surface area (Å²) in [5, 5.41) is 24.9. The number of carbonyl (C=O) groups is 3. The fourth-order valence-electron chi connectivity index (χ4n) is 5.52. The van der Waals surface area contributed by atoms with Crippen LogP contribution < -0.4 is 10.0 Å². The van der Waals surface area contributed by atoms with Gasteiger partial charge in [-0.15, -0.1) is 5.10 Å². The SMILES string of the molecule is O=C(NCc1cc(Cl)ccc1-n1cnnn1)[C@@H]1C[C@H](O)CN1C(=O)[C@@H](CCC(=O)N1CCOCC1)NS(=O)(=O)Cc1ccccc1. The lowest BCUT2D eigenvalue weighted by molar-refractivity contribution is -0.140. The zero-order chi connectivity index (χ0) is 32.7. The highest BCUT2D eigenvalue weighted by Gasteiger charge is 2.42. The van der Waals surface area contributed by atoms with E-state index in [1.54, 1.807) is 53.4 Å². The van der Waals surface area contributed by atoms with E-state index in [-0.39, 0.29) is 44.0 Å². The first-order valence-corrected chi connectivity index (χ1v) is 16.8. The summed E-state index contributed by atoms with van der Waals surface area (Å²) in [5.74, 6) is -1.88. The van der Waals surface area contributed by atoms with Gasteiger partial charge >= 0.3 is 0 Å². The Kier molecular flexibility index (Phi) is 11.0. The van der Waals surface area contributed by atoms with Crippen molar-refractivity contribution in [2.45, 2.75) is 49.7 Å². The third kappa shape index (κ3) is 8.64. The van der Waals surface area contributed by atoms with Crippen molar-refractivity contribution in [1.29, 1.82) is 0 Å². The third-order valence-electron chi connectivity index (χ3n) is 7.79. The number of hydrogen-bond donors (Lipinski definition) is 3. The molecular formula is C29H35ClN8O7S. The summed E-state index contributed by atoms with van der Waals surface area (Å²) in [6, 6.07) is 11.0. The number of sulfonamides is 1. The maximum absolute atomic E-state index is 14.0. The molecule has 0 bridgehead atoms. The van der Waals surface area contributed by atoms with Gasteiger partial charge in [-0.25, -0.2) is 17.8 Å². The molecule has 2 aliphatic heterocycles. The number of rotatable bonds is 12. The molecule has 3 aromatic rings. The molecule has 2 aromatic carbocycles. The Hall–Kier alpha value is -3.96. The highest BCUT2D eigenvalue weighted by molar-refractivity contribution is 7.88. The number of nitrogens with zero attached hydrogens (tertiary/aromatic N) is 6. The van der Waals surface area contributed by atoms with E-state index in [0.29, 0.717) is 48.1 Å². The van der Waals surface area contributed by atoms with Gasteiger partial charge in [0.2, 0.25) is 27.7 Å². The first-order valence-electron chi connectivity index (χ1n) is 14.8. The van der Waals surface area contributed by atoms with Crippen molar-refractivity contribution in [1.82, 2.24) is 40.0 Å². The van der Waals surface area contributed by atoms with E-state index in [1.807, 2.05) is 0 Å². The standard InChI is InChI=1S/C29H35ClN8O7S/c30-22-6-8-25(38-19-32-34-35-38)21(14-22)16-31-28(41)26-15-23(39)17-37(26)29(42)24(7-9-27(40)36-10-12-45-13-11-36)33-46(43,44)18-20-4-2-1-3-5-20/h1-6,8,14,19,23-24,26,33,39H,7,9-13,15-18H2,(H,31,41)/t23-,24+,26-/m0/s1. The molecule has 46 heavy (non-hydrogen) atoms. The van der Waals surface area contributed by atoms with Crippen molar-refractivity contribution in [2.75, 3.05) is 32.8 Å². The monoisotopic (exact) mass is 674 g/mol. The van der Waals surface area contributed by atoms with Crippen molar-refractivity contribution < 1.29 is 32.6 Å². The summed E-state index contributed by atoms with van der Waals surface area (Å²) < 4.78 is 35.6. The number of ether oxygens (including phenoxy) is 1. The molecule has 3 N–H and O–H groups in total. The largest absolute Gasteiger partial charge is 0.391 e. The fourth-order valence-corrected chi connectivity index (χ4v) is 7.08. The Morgan fingerprint density at radius 1 is 1.11 bits per heavy atom. The van der Waals surface area contributed by atoms with Gasteiger partial charge in [0, 0.05) is 44.0 Å². The van der Waals surface area contributed by atoms with Crippen LogP contribution in [0.3, 0.4) is 0 Å². The molecule has 0 aliphatic carbocycles. The first-order chi connectivity index (χ1) is 22.1. The predicted molar refractivity (Wildman–Crippen MR) is 165 cm³/mol. The molecule has 246 valence electrons. The van der Waals surface area contributed by atoms with Gasteiger partial charge in [-0.3, -0.25) is 14.4 Å². The van der Waals surface area contributed by atoms with Crippen molar-refractivity contribution >= 4 is 39.3 Å². The van der Waals surface area contributed by atoms with Crippen molar-refractivity contribution in [3.8, 4) is 5.69 Å². The van der Waals surface area contributed by atoms with Crippen molar-refractivity contribution in [2.24, 2.45) is 0 Å². The van der Waals surface area contributed by atoms with Gasteiger partial charge in [0.25, 0.3) is 0 Å². The third-order valence-corrected chi connectivity index (χ3v) is 9.38. The Bertz CT molecular complexity index is 1620. The molecule has 1 aromatic heterocycles. The number of benzene rings is 2. The number of likely N-dealkylation sites (tertiary alicyclic amines) is 1. The molecule has 0 spiro atoms. The molecule has 3 amide bonds. The Morgan fingerprint density at radius 2 is 1.87 bits per heavy atom. The van der Waals surface area contributed by atoms with Crippen LogP contribution in [0.4, 0.5) is 0 Å². The lowest BCUT2D eigenvalue weighted by atomic mass is 10.1. The topological polar surface area (TPSA) is 189 Å². The molecule has 2 aliphatic rings. The Labute approximate surface area is 270 Å². The predicted octanol–water partition coefficient (Wildman–Crippen LogP) is 0.0209. The summed E-state index contributed by atoms with van der Waals surface area (Å²) in [7, 11) is -4.05. The van der Waals surface area contributed by atoms with E-state index in [9.17, 15) is 27.9 Å². The lowest BCUT2D eigenvalue weighted by Crippen LogP contribution is -2.54. The number of β-amino-alcohol motifs (C(OH)–C–C–N with tert-alkyl or cyclic N) is 1. The minimum absolute atomic E-state index is 0.00436. The first kappa shape index (κ1) is 33.4. The van der Waals surface area contributed by atoms with E-state index < -0.39 is 40.0 Å². The average molecular weight is 675 g/mol. The molecular weight excluding hydrogens is 640 g/mol. The maximum atomic E-state index is 14.0. The summed E-state index contributed by atoms with van der Waals surface area (Å²) in [6.07, 6.45) is 0.0848. The molecule has 0 saturated carbocycles. The molecule has 2 saturated heterocycles. The fraction of sp³-hybridized carbons (Fsp3) is 0.448. The van der Waals surface area contributed by atoms with E-state index >= 15 is 0 Å². The zero-order valence-corrected chi connectivity index (χ0v) is 26.4. The van der Waals surface area contributed by atoms with Crippen LogP contribution in [0.5, 0.6) is 0 Å². The molecule has 5 rings (SSSR count). The number of amides is 3. The van der Waals surface area contributed by atoms with Gasteiger partial charge in [0.05, 0.1) is 30.8 Å². The quantitative estimate of drug-likeness (QED) is 0.236. The summed E-state index contributed by atoms with van der Waals surface area (Å²) in [4.78, 5) is 43.2. The second kappa shape index (κ2) is 15.1. The summed E-state index contributed by atoms with van der Waals surface area (Å²) >= 11 is 6.20. The van der Waals surface area contributed by atoms with Crippen LogP contribution in [-0.4, -0.2) is 112 Å². The van der Waals surface area contributed by atoms with Gasteiger partial charge in [0.1, 0.15) is 18.4 Å². The molecule has 0 radical (unpaired) electrons. The number of hydrogen-bond acceptors (Lipinski definition) is 10. The van der Waals surface area contributed by atoms with E-state index in [2.05, 4.69) is 25.6 Å². The Morgan fingerprint density at radius 3 is 2.59 bits per heavy atom. The van der Waals surface area contributed by atoms with Crippen molar-refractivity contribution in [3.05, 3.63) is 71.0 Å². The molecule has 3 heterocycles. The smallest absolute Gasteiger partial charge is 0.243 e. The second-order valence-corrected chi connectivity index (χ2v) is 13.3. The zero-order valence-electron chi connectivity index (χ0n) is 24.9.